The lowest BCUT2D eigenvalue weighted by atomic mass is 10.1. The van der Waals surface area contributed by atoms with Crippen LogP contribution < -0.4 is 20.7 Å². The van der Waals surface area contributed by atoms with E-state index in [9.17, 15) is 9.59 Å². The summed E-state index contributed by atoms with van der Waals surface area (Å²) in [6.07, 6.45) is 1.92. The Morgan fingerprint density at radius 2 is 1.58 bits per heavy atom. The fourth-order valence-corrected chi connectivity index (χ4v) is 3.24. The Balaban J connectivity index is 1.52. The molecule has 0 heterocycles. The van der Waals surface area contributed by atoms with Crippen molar-refractivity contribution in [3.8, 4) is 5.75 Å². The highest BCUT2D eigenvalue weighted by Crippen LogP contribution is 2.18. The molecule has 0 bridgehead atoms. The summed E-state index contributed by atoms with van der Waals surface area (Å²) in [6, 6.07) is 23.6. The summed E-state index contributed by atoms with van der Waals surface area (Å²) in [6.45, 7) is 3.09. The van der Waals surface area contributed by atoms with E-state index in [2.05, 4.69) is 22.9 Å². The Hall–Kier alpha value is -3.71. The number of hydrogen-bond acceptors (Lipinski definition) is 4. The Bertz CT molecular complexity index is 1090. The third kappa shape index (κ3) is 7.43. The zero-order valence-electron chi connectivity index (χ0n) is 18.5. The molecule has 0 aromatic heterocycles. The average molecular weight is 462 g/mol. The number of para-hydroxylation sites is 1. The maximum Gasteiger partial charge on any atom is 0.261 e. The van der Waals surface area contributed by atoms with Gasteiger partial charge in [-0.05, 0) is 60.6 Å². The highest BCUT2D eigenvalue weighted by atomic mass is 32.1. The minimum Gasteiger partial charge on any atom is -0.493 e. The average Bonchev–Trinajstić information content (AvgIpc) is 2.84. The largest absolute Gasteiger partial charge is 0.493 e. The van der Waals surface area contributed by atoms with Gasteiger partial charge in [0, 0.05) is 17.8 Å². The van der Waals surface area contributed by atoms with Gasteiger partial charge in [0.2, 0.25) is 0 Å². The number of carbonyl (C=O) groups is 2. The first-order chi connectivity index (χ1) is 16.1. The summed E-state index contributed by atoms with van der Waals surface area (Å²) in [5.74, 6) is 0.00888. The molecule has 3 N–H and O–H groups in total. The van der Waals surface area contributed by atoms with E-state index in [1.165, 1.54) is 0 Å². The third-order valence-electron chi connectivity index (χ3n) is 4.82. The minimum absolute atomic E-state index is 0.157. The number of anilines is 1. The van der Waals surface area contributed by atoms with Crippen molar-refractivity contribution in [1.82, 2.24) is 10.6 Å². The zero-order chi connectivity index (χ0) is 23.5. The van der Waals surface area contributed by atoms with Crippen molar-refractivity contribution in [2.75, 3.05) is 11.9 Å². The maximum absolute atomic E-state index is 12.7. The van der Waals surface area contributed by atoms with E-state index in [1.54, 1.807) is 42.5 Å². The number of rotatable bonds is 9. The van der Waals surface area contributed by atoms with E-state index in [0.717, 1.165) is 18.4 Å². The number of carbonyl (C=O) groups excluding carboxylic acids is 2. The molecule has 33 heavy (non-hydrogen) atoms. The molecule has 0 fully saturated rings. The monoisotopic (exact) mass is 461 g/mol. The van der Waals surface area contributed by atoms with Crippen LogP contribution in [-0.4, -0.2) is 23.5 Å². The Morgan fingerprint density at radius 1 is 0.879 bits per heavy atom. The molecular weight excluding hydrogens is 434 g/mol. The first-order valence-electron chi connectivity index (χ1n) is 10.8. The number of thiocarbonyl (C=S) groups is 1. The number of benzene rings is 3. The molecule has 0 radical (unpaired) electrons. The number of ether oxygens (including phenoxy) is 1. The van der Waals surface area contributed by atoms with E-state index in [4.69, 9.17) is 17.0 Å². The number of amides is 2. The topological polar surface area (TPSA) is 79.5 Å². The molecule has 6 nitrogen and oxygen atoms in total. The molecule has 2 amide bonds. The highest BCUT2D eigenvalue weighted by Gasteiger charge is 2.14. The second-order valence-corrected chi connectivity index (χ2v) is 7.76. The summed E-state index contributed by atoms with van der Waals surface area (Å²) >= 11 is 5.28. The van der Waals surface area contributed by atoms with E-state index in [-0.39, 0.29) is 16.9 Å². The van der Waals surface area contributed by atoms with Gasteiger partial charge in [-0.15, -0.1) is 0 Å². The van der Waals surface area contributed by atoms with Gasteiger partial charge in [0.1, 0.15) is 5.75 Å². The lowest BCUT2D eigenvalue weighted by Gasteiger charge is -2.13. The quantitative estimate of drug-likeness (QED) is 0.311. The van der Waals surface area contributed by atoms with Gasteiger partial charge in [0.05, 0.1) is 12.2 Å². The van der Waals surface area contributed by atoms with Crippen molar-refractivity contribution in [1.29, 1.82) is 0 Å². The SMILES string of the molecule is CCCCOc1ccccc1C(=O)NC(=S)Nc1ccc(C(=O)NCc2ccccc2)cc1. The van der Waals surface area contributed by atoms with Crippen LogP contribution >= 0.6 is 12.2 Å². The number of unbranched alkanes of at least 4 members (excludes halogenated alkanes) is 1. The van der Waals surface area contributed by atoms with Gasteiger partial charge in [0.15, 0.2) is 5.11 Å². The molecule has 0 saturated heterocycles. The van der Waals surface area contributed by atoms with Crippen LogP contribution in [0.15, 0.2) is 78.9 Å². The van der Waals surface area contributed by atoms with Crippen LogP contribution in [0.3, 0.4) is 0 Å². The summed E-state index contributed by atoms with van der Waals surface area (Å²) in [4.78, 5) is 25.0. The van der Waals surface area contributed by atoms with Gasteiger partial charge in [-0.2, -0.15) is 0 Å². The lowest BCUT2D eigenvalue weighted by Crippen LogP contribution is -2.34. The normalized spacial score (nSPS) is 10.2. The van der Waals surface area contributed by atoms with Crippen LogP contribution in [0, 0.1) is 0 Å². The van der Waals surface area contributed by atoms with Crippen LogP contribution in [0.5, 0.6) is 5.75 Å². The smallest absolute Gasteiger partial charge is 0.261 e. The van der Waals surface area contributed by atoms with Gasteiger partial charge in [0.25, 0.3) is 11.8 Å². The van der Waals surface area contributed by atoms with Gasteiger partial charge >= 0.3 is 0 Å². The van der Waals surface area contributed by atoms with Crippen molar-refractivity contribution in [3.63, 3.8) is 0 Å². The van der Waals surface area contributed by atoms with Crippen LogP contribution in [-0.2, 0) is 6.54 Å². The first kappa shape index (κ1) is 23.9. The molecule has 0 saturated carbocycles. The van der Waals surface area contributed by atoms with Crippen LogP contribution in [0.2, 0.25) is 0 Å². The van der Waals surface area contributed by atoms with Crippen LogP contribution in [0.25, 0.3) is 0 Å². The Labute approximate surface area is 199 Å². The van der Waals surface area contributed by atoms with Crippen LogP contribution in [0.4, 0.5) is 5.69 Å². The van der Waals surface area contributed by atoms with Crippen LogP contribution in [0.1, 0.15) is 46.0 Å². The molecule has 3 aromatic carbocycles. The number of hydrogen-bond donors (Lipinski definition) is 3. The predicted molar refractivity (Wildman–Crippen MR) is 135 cm³/mol. The second-order valence-electron chi connectivity index (χ2n) is 7.35. The molecule has 0 unspecified atom stereocenters. The predicted octanol–water partition coefficient (Wildman–Crippen LogP) is 4.92. The summed E-state index contributed by atoms with van der Waals surface area (Å²) in [5.41, 5.74) is 2.64. The molecule has 0 spiro atoms. The van der Waals surface area contributed by atoms with Crippen molar-refractivity contribution in [2.45, 2.75) is 26.3 Å². The fraction of sp³-hybridized carbons (Fsp3) is 0.192. The molecule has 7 heteroatoms. The summed E-state index contributed by atoms with van der Waals surface area (Å²) < 4.78 is 5.72. The highest BCUT2D eigenvalue weighted by molar-refractivity contribution is 7.80. The van der Waals surface area contributed by atoms with Gasteiger partial charge < -0.3 is 15.4 Å². The van der Waals surface area contributed by atoms with Crippen molar-refractivity contribution < 1.29 is 14.3 Å². The van der Waals surface area contributed by atoms with Gasteiger partial charge in [-0.1, -0.05) is 55.8 Å². The van der Waals surface area contributed by atoms with E-state index in [1.807, 2.05) is 36.4 Å². The molecule has 0 aliphatic rings. The Morgan fingerprint density at radius 3 is 2.30 bits per heavy atom. The van der Waals surface area contributed by atoms with Gasteiger partial charge in [-0.25, -0.2) is 0 Å². The van der Waals surface area contributed by atoms with E-state index < -0.39 is 0 Å². The van der Waals surface area contributed by atoms with Crippen molar-refractivity contribution in [2.24, 2.45) is 0 Å². The summed E-state index contributed by atoms with van der Waals surface area (Å²) in [5, 5.41) is 8.69. The minimum atomic E-state index is -0.350. The summed E-state index contributed by atoms with van der Waals surface area (Å²) in [7, 11) is 0. The molecular formula is C26H27N3O3S. The maximum atomic E-state index is 12.7. The zero-order valence-corrected chi connectivity index (χ0v) is 19.3. The molecule has 3 rings (SSSR count). The first-order valence-corrected chi connectivity index (χ1v) is 11.2. The molecule has 0 aliphatic heterocycles. The standard InChI is InChI=1S/C26H27N3O3S/c1-2-3-17-32-23-12-8-7-11-22(23)25(31)29-26(33)28-21-15-13-20(14-16-21)24(30)27-18-19-9-5-4-6-10-19/h4-16H,2-3,17-18H2,1H3,(H,27,30)(H2,28,29,31,33). The van der Waals surface area contributed by atoms with E-state index in [0.29, 0.717) is 35.7 Å². The lowest BCUT2D eigenvalue weighted by molar-refractivity contribution is 0.0948. The van der Waals surface area contributed by atoms with Gasteiger partial charge in [-0.3, -0.25) is 14.9 Å². The van der Waals surface area contributed by atoms with Crippen molar-refractivity contribution in [3.05, 3.63) is 95.6 Å². The molecule has 170 valence electrons. The molecule has 3 aromatic rings. The fourth-order valence-electron chi connectivity index (χ4n) is 3.02. The molecule has 0 aliphatic carbocycles. The molecule has 0 atom stereocenters. The number of nitrogens with one attached hydrogen (secondary N) is 3. The third-order valence-corrected chi connectivity index (χ3v) is 5.02. The Kier molecular flexibility index (Phi) is 8.97. The van der Waals surface area contributed by atoms with Crippen molar-refractivity contribution >= 4 is 34.8 Å². The van der Waals surface area contributed by atoms with E-state index >= 15 is 0 Å². The second kappa shape index (κ2) is 12.4.